The van der Waals surface area contributed by atoms with Crippen molar-refractivity contribution >= 4 is 13.9 Å². The highest BCUT2D eigenvalue weighted by Crippen LogP contribution is 2.30. The molecular weight excluding hydrogens is 245 g/mol. The summed E-state index contributed by atoms with van der Waals surface area (Å²) < 4.78 is 31.9. The van der Waals surface area contributed by atoms with Gasteiger partial charge in [0.25, 0.3) is 0 Å². The Bertz CT molecular complexity index is 377. The first-order chi connectivity index (χ1) is 8.24. The fourth-order valence-corrected chi connectivity index (χ4v) is 1.91. The Balaban J connectivity index is 1.82. The van der Waals surface area contributed by atoms with E-state index in [-0.39, 0.29) is 6.61 Å². The zero-order valence-corrected chi connectivity index (χ0v) is 9.97. The van der Waals surface area contributed by atoms with E-state index < -0.39 is 14.5 Å². The molecule has 2 N–H and O–H groups in total. The van der Waals surface area contributed by atoms with Crippen LogP contribution in [-0.2, 0) is 18.6 Å². The van der Waals surface area contributed by atoms with E-state index in [1.165, 1.54) is 0 Å². The number of ether oxygens (including phenoxy) is 2. The largest absolute Gasteiger partial charge is 0.752 e. The third-order valence-electron chi connectivity index (χ3n) is 2.05. The van der Waals surface area contributed by atoms with Crippen molar-refractivity contribution in [1.82, 2.24) is 0 Å². The van der Waals surface area contributed by atoms with Crippen LogP contribution < -0.4 is 10.3 Å². The quantitative estimate of drug-likeness (QED) is 0.654. The van der Waals surface area contributed by atoms with Crippen molar-refractivity contribution in [3.63, 3.8) is 0 Å². The molecule has 2 rings (SSSR count). The minimum Gasteiger partial charge on any atom is -0.399 e. The molecular formula is C10H13NO5P+. The fourth-order valence-electron chi connectivity index (χ4n) is 1.26. The number of nitrogen functional groups attached to an aromatic ring is 1. The molecule has 2 atom stereocenters. The lowest BCUT2D eigenvalue weighted by molar-refractivity contribution is -0.170. The van der Waals surface area contributed by atoms with Gasteiger partial charge < -0.3 is 15.2 Å². The Labute approximate surface area is 99.6 Å². The predicted molar refractivity (Wildman–Crippen MR) is 60.7 cm³/mol. The van der Waals surface area contributed by atoms with Crippen LogP contribution in [0.25, 0.3) is 0 Å². The van der Waals surface area contributed by atoms with E-state index in [9.17, 15) is 4.57 Å². The zero-order chi connectivity index (χ0) is 12.1. The van der Waals surface area contributed by atoms with Crippen LogP contribution in [0.5, 0.6) is 5.75 Å². The van der Waals surface area contributed by atoms with E-state index in [0.717, 1.165) is 0 Å². The van der Waals surface area contributed by atoms with Crippen LogP contribution >= 0.6 is 8.25 Å². The van der Waals surface area contributed by atoms with Gasteiger partial charge in [0.2, 0.25) is 6.29 Å². The lowest BCUT2D eigenvalue weighted by atomic mass is 10.3. The predicted octanol–water partition coefficient (Wildman–Crippen LogP) is 1.69. The monoisotopic (exact) mass is 258 g/mol. The smallest absolute Gasteiger partial charge is 0.399 e. The number of rotatable bonds is 4. The summed E-state index contributed by atoms with van der Waals surface area (Å²) in [4.78, 5) is 0. The summed E-state index contributed by atoms with van der Waals surface area (Å²) in [6.07, 6.45) is -0.638. The summed E-state index contributed by atoms with van der Waals surface area (Å²) in [6.45, 7) is 1.21. The average Bonchev–Trinajstić information content (AvgIpc) is 2.33. The van der Waals surface area contributed by atoms with E-state index in [4.69, 9.17) is 24.3 Å². The van der Waals surface area contributed by atoms with Gasteiger partial charge in [0.15, 0.2) is 5.75 Å². The van der Waals surface area contributed by atoms with Crippen molar-refractivity contribution in [1.29, 1.82) is 0 Å². The number of hydrogen-bond acceptors (Lipinski definition) is 6. The highest BCUT2D eigenvalue weighted by molar-refractivity contribution is 7.33. The summed E-state index contributed by atoms with van der Waals surface area (Å²) in [5.74, 6) is 0.428. The average molecular weight is 258 g/mol. The molecule has 1 saturated heterocycles. The molecule has 92 valence electrons. The van der Waals surface area contributed by atoms with Gasteiger partial charge in [-0.1, -0.05) is 4.52 Å². The van der Waals surface area contributed by atoms with Gasteiger partial charge in [-0.05, 0) is 24.3 Å². The molecule has 17 heavy (non-hydrogen) atoms. The van der Waals surface area contributed by atoms with Crippen LogP contribution in [0.3, 0.4) is 0 Å². The van der Waals surface area contributed by atoms with Crippen LogP contribution in [0.15, 0.2) is 24.3 Å². The molecule has 0 saturated carbocycles. The third kappa shape index (κ3) is 3.94. The Morgan fingerprint density at radius 2 is 2.06 bits per heavy atom. The van der Waals surface area contributed by atoms with Crippen LogP contribution in [0.2, 0.25) is 0 Å². The van der Waals surface area contributed by atoms with Gasteiger partial charge in [-0.15, -0.1) is 0 Å². The Hall–Kier alpha value is -1.20. The van der Waals surface area contributed by atoms with Crippen LogP contribution in [0, 0.1) is 0 Å². The van der Waals surface area contributed by atoms with Crippen molar-refractivity contribution in [2.45, 2.75) is 6.29 Å². The Kier molecular flexibility index (Phi) is 4.28. The van der Waals surface area contributed by atoms with E-state index in [1.807, 2.05) is 0 Å². The lowest BCUT2D eigenvalue weighted by Crippen LogP contribution is -2.29. The lowest BCUT2D eigenvalue weighted by Gasteiger charge is -2.17. The first-order valence-corrected chi connectivity index (χ1v) is 6.20. The van der Waals surface area contributed by atoms with Crippen molar-refractivity contribution in [3.05, 3.63) is 24.3 Å². The molecule has 1 aromatic carbocycles. The van der Waals surface area contributed by atoms with E-state index >= 15 is 0 Å². The van der Waals surface area contributed by atoms with E-state index in [0.29, 0.717) is 24.7 Å². The van der Waals surface area contributed by atoms with Gasteiger partial charge >= 0.3 is 8.25 Å². The molecule has 7 heteroatoms. The molecule has 0 amide bonds. The molecule has 0 aromatic heterocycles. The van der Waals surface area contributed by atoms with Gasteiger partial charge in [-0.25, -0.2) is 4.52 Å². The standard InChI is InChI=1S/C10H13NO5P/c11-8-1-3-9(4-2-8)15-17(12)16-10-7-13-5-6-14-10/h1-4,10H,5-7,11H2/q+1. The van der Waals surface area contributed by atoms with Crippen molar-refractivity contribution in [2.24, 2.45) is 0 Å². The third-order valence-corrected chi connectivity index (χ3v) is 2.82. The molecule has 1 aromatic rings. The summed E-state index contributed by atoms with van der Waals surface area (Å²) in [5.41, 5.74) is 6.12. The highest BCUT2D eigenvalue weighted by Gasteiger charge is 2.31. The number of benzene rings is 1. The second-order valence-corrected chi connectivity index (χ2v) is 4.21. The van der Waals surface area contributed by atoms with Crippen molar-refractivity contribution in [3.8, 4) is 5.75 Å². The Morgan fingerprint density at radius 3 is 2.71 bits per heavy atom. The topological polar surface area (TPSA) is 80.0 Å². The molecule has 0 aliphatic carbocycles. The van der Waals surface area contributed by atoms with Crippen LogP contribution in [0.4, 0.5) is 5.69 Å². The second kappa shape index (κ2) is 5.93. The maximum absolute atomic E-state index is 11.5. The molecule has 1 fully saturated rings. The van der Waals surface area contributed by atoms with Gasteiger partial charge in [-0.3, -0.25) is 0 Å². The minimum atomic E-state index is -2.29. The van der Waals surface area contributed by atoms with Gasteiger partial charge in [0.1, 0.15) is 6.61 Å². The first-order valence-electron chi connectivity index (χ1n) is 5.11. The summed E-state index contributed by atoms with van der Waals surface area (Å²) in [7, 11) is -2.29. The fraction of sp³-hybridized carbons (Fsp3) is 0.400. The molecule has 1 heterocycles. The number of hydrogen-bond donors (Lipinski definition) is 1. The summed E-state index contributed by atoms with van der Waals surface area (Å²) in [5, 5.41) is 0. The Morgan fingerprint density at radius 1 is 1.29 bits per heavy atom. The second-order valence-electron chi connectivity index (χ2n) is 3.36. The molecule has 0 spiro atoms. The summed E-state index contributed by atoms with van der Waals surface area (Å²) in [6, 6.07) is 6.53. The molecule has 2 unspecified atom stereocenters. The van der Waals surface area contributed by atoms with Crippen molar-refractivity contribution < 1.29 is 23.1 Å². The van der Waals surface area contributed by atoms with E-state index in [2.05, 4.69) is 0 Å². The van der Waals surface area contributed by atoms with Gasteiger partial charge in [0.05, 0.1) is 13.2 Å². The zero-order valence-electron chi connectivity index (χ0n) is 9.07. The maximum Gasteiger partial charge on any atom is 0.752 e. The van der Waals surface area contributed by atoms with Crippen LogP contribution in [0.1, 0.15) is 0 Å². The maximum atomic E-state index is 11.5. The van der Waals surface area contributed by atoms with Crippen molar-refractivity contribution in [2.75, 3.05) is 25.6 Å². The summed E-state index contributed by atoms with van der Waals surface area (Å²) >= 11 is 0. The molecule has 0 radical (unpaired) electrons. The SMILES string of the molecule is Nc1ccc(O[P+](=O)OC2COCCO2)cc1. The number of nitrogens with two attached hydrogens (primary N) is 1. The molecule has 6 nitrogen and oxygen atoms in total. The molecule has 1 aliphatic rings. The highest BCUT2D eigenvalue weighted by atomic mass is 31.1. The minimum absolute atomic E-state index is 0.256. The molecule has 0 bridgehead atoms. The van der Waals surface area contributed by atoms with Crippen LogP contribution in [-0.4, -0.2) is 26.1 Å². The van der Waals surface area contributed by atoms with Gasteiger partial charge in [-0.2, -0.15) is 0 Å². The first kappa shape index (κ1) is 12.3. The molecule has 1 aliphatic heterocycles. The number of anilines is 1. The van der Waals surface area contributed by atoms with E-state index in [1.54, 1.807) is 24.3 Å². The normalized spacial score (nSPS) is 20.9. The van der Waals surface area contributed by atoms with Gasteiger partial charge in [0, 0.05) is 10.3 Å².